The Balaban J connectivity index is 2.14. The van der Waals surface area contributed by atoms with Crippen LogP contribution in [0.3, 0.4) is 0 Å². The molecule has 1 aromatic carbocycles. The molecule has 1 aliphatic heterocycles. The molecule has 5 nitrogen and oxygen atoms in total. The molecule has 1 N–H and O–H groups in total. The molecule has 19 heavy (non-hydrogen) atoms. The highest BCUT2D eigenvalue weighted by atomic mass is 79.9. The lowest BCUT2D eigenvalue weighted by molar-refractivity contribution is 0.0684. The predicted octanol–water partition coefficient (Wildman–Crippen LogP) is 1.60. The van der Waals surface area contributed by atoms with Crippen LogP contribution in [0.15, 0.2) is 22.7 Å². The minimum atomic E-state index is -0.198. The smallest absolute Gasteiger partial charge is 0.255 e. The zero-order chi connectivity index (χ0) is 13.8. The van der Waals surface area contributed by atoms with Gasteiger partial charge in [0.15, 0.2) is 0 Å². The monoisotopic (exact) mass is 329 g/mol. The fourth-order valence-electron chi connectivity index (χ4n) is 2.04. The fraction of sp³-hybridized carbons (Fsp3) is 0.462. The Bertz CT molecular complexity index is 466. The van der Waals surface area contributed by atoms with E-state index < -0.39 is 0 Å². The average molecular weight is 330 g/mol. The van der Waals surface area contributed by atoms with Gasteiger partial charge in [-0.1, -0.05) is 6.07 Å². The first kappa shape index (κ1) is 14.3. The van der Waals surface area contributed by atoms with Gasteiger partial charge < -0.3 is 19.5 Å². The number of methoxy groups -OCH3 is 2. The van der Waals surface area contributed by atoms with Crippen LogP contribution in [-0.2, 0) is 9.47 Å². The Morgan fingerprint density at radius 1 is 1.42 bits per heavy atom. The second-order valence-electron chi connectivity index (χ2n) is 4.21. The molecule has 0 saturated carbocycles. The summed E-state index contributed by atoms with van der Waals surface area (Å²) in [7, 11) is 3.14. The van der Waals surface area contributed by atoms with Crippen molar-refractivity contribution in [3.05, 3.63) is 28.2 Å². The molecule has 6 heteroatoms. The van der Waals surface area contributed by atoms with E-state index in [-0.39, 0.29) is 18.1 Å². The molecule has 0 unspecified atom stereocenters. The maximum atomic E-state index is 12.3. The van der Waals surface area contributed by atoms with Gasteiger partial charge in [-0.2, -0.15) is 0 Å². The summed E-state index contributed by atoms with van der Waals surface area (Å²) in [5, 5.41) is 2.91. The largest absolute Gasteiger partial charge is 0.495 e. The van der Waals surface area contributed by atoms with Gasteiger partial charge in [0, 0.05) is 7.11 Å². The minimum Gasteiger partial charge on any atom is -0.495 e. The molecular formula is C13H16BrNO4. The Kier molecular flexibility index (Phi) is 4.79. The van der Waals surface area contributed by atoms with Crippen LogP contribution in [0.2, 0.25) is 0 Å². The van der Waals surface area contributed by atoms with E-state index in [1.165, 1.54) is 7.11 Å². The van der Waals surface area contributed by atoms with Crippen molar-refractivity contribution in [2.75, 3.05) is 27.4 Å². The fourth-order valence-corrected chi connectivity index (χ4v) is 2.57. The van der Waals surface area contributed by atoms with Crippen molar-refractivity contribution in [3.8, 4) is 5.75 Å². The maximum Gasteiger partial charge on any atom is 0.255 e. The summed E-state index contributed by atoms with van der Waals surface area (Å²) in [4.78, 5) is 12.3. The molecule has 1 amide bonds. The van der Waals surface area contributed by atoms with Gasteiger partial charge in [0.25, 0.3) is 5.91 Å². The number of amides is 1. The van der Waals surface area contributed by atoms with Crippen LogP contribution in [0.1, 0.15) is 10.4 Å². The van der Waals surface area contributed by atoms with Crippen LogP contribution in [-0.4, -0.2) is 45.5 Å². The SMILES string of the molecule is COc1c(Br)cccc1C(=O)N[C@H]1COC[C@H]1OC. The second-order valence-corrected chi connectivity index (χ2v) is 5.07. The Labute approximate surface area is 120 Å². The van der Waals surface area contributed by atoms with Crippen molar-refractivity contribution in [2.24, 2.45) is 0 Å². The third-order valence-corrected chi connectivity index (χ3v) is 3.69. The first-order valence-electron chi connectivity index (χ1n) is 5.91. The zero-order valence-electron chi connectivity index (χ0n) is 10.8. The van der Waals surface area contributed by atoms with Crippen LogP contribution >= 0.6 is 15.9 Å². The number of rotatable bonds is 4. The van der Waals surface area contributed by atoms with Gasteiger partial charge in [0.05, 0.1) is 36.4 Å². The van der Waals surface area contributed by atoms with Gasteiger partial charge in [0.1, 0.15) is 11.9 Å². The molecular weight excluding hydrogens is 314 g/mol. The molecule has 1 fully saturated rings. The molecule has 104 valence electrons. The third-order valence-electron chi connectivity index (χ3n) is 3.06. The number of halogens is 1. The van der Waals surface area contributed by atoms with Crippen molar-refractivity contribution in [2.45, 2.75) is 12.1 Å². The highest BCUT2D eigenvalue weighted by Gasteiger charge is 2.30. The van der Waals surface area contributed by atoms with E-state index in [9.17, 15) is 4.79 Å². The van der Waals surface area contributed by atoms with Crippen LogP contribution in [0.5, 0.6) is 5.75 Å². The normalized spacial score (nSPS) is 22.3. The number of nitrogens with one attached hydrogen (secondary N) is 1. The number of carbonyl (C=O) groups excluding carboxylic acids is 1. The Hall–Kier alpha value is -1.11. The van der Waals surface area contributed by atoms with Gasteiger partial charge in [-0.3, -0.25) is 4.79 Å². The first-order chi connectivity index (χ1) is 9.17. The van der Waals surface area contributed by atoms with Gasteiger partial charge in [-0.25, -0.2) is 0 Å². The van der Waals surface area contributed by atoms with E-state index in [0.717, 1.165) is 4.47 Å². The van der Waals surface area contributed by atoms with E-state index in [4.69, 9.17) is 14.2 Å². The summed E-state index contributed by atoms with van der Waals surface area (Å²) < 4.78 is 16.5. The summed E-state index contributed by atoms with van der Waals surface area (Å²) >= 11 is 3.36. The average Bonchev–Trinajstić information content (AvgIpc) is 2.85. The van der Waals surface area contributed by atoms with Crippen molar-refractivity contribution >= 4 is 21.8 Å². The molecule has 1 aliphatic rings. The molecule has 0 spiro atoms. The van der Waals surface area contributed by atoms with Crippen LogP contribution < -0.4 is 10.1 Å². The van der Waals surface area contributed by atoms with Crippen molar-refractivity contribution in [3.63, 3.8) is 0 Å². The quantitative estimate of drug-likeness (QED) is 0.911. The summed E-state index contributed by atoms with van der Waals surface area (Å²) in [5.74, 6) is 0.323. The number of para-hydroxylation sites is 1. The highest BCUT2D eigenvalue weighted by molar-refractivity contribution is 9.10. The number of hydrogen-bond donors (Lipinski definition) is 1. The van der Waals surface area contributed by atoms with Gasteiger partial charge >= 0.3 is 0 Å². The Morgan fingerprint density at radius 3 is 2.89 bits per heavy atom. The molecule has 0 bridgehead atoms. The summed E-state index contributed by atoms with van der Waals surface area (Å²) in [6.07, 6.45) is -0.109. The van der Waals surface area contributed by atoms with Crippen molar-refractivity contribution in [1.82, 2.24) is 5.32 Å². The lowest BCUT2D eigenvalue weighted by Gasteiger charge is -2.18. The van der Waals surface area contributed by atoms with Crippen LogP contribution in [0.4, 0.5) is 0 Å². The van der Waals surface area contributed by atoms with Gasteiger partial charge in [0.2, 0.25) is 0 Å². The highest BCUT2D eigenvalue weighted by Crippen LogP contribution is 2.28. The molecule has 0 radical (unpaired) electrons. The Morgan fingerprint density at radius 2 is 2.21 bits per heavy atom. The molecule has 0 aliphatic carbocycles. The molecule has 1 saturated heterocycles. The first-order valence-corrected chi connectivity index (χ1v) is 6.70. The topological polar surface area (TPSA) is 56.8 Å². The second kappa shape index (κ2) is 6.36. The predicted molar refractivity (Wildman–Crippen MR) is 73.6 cm³/mol. The maximum absolute atomic E-state index is 12.3. The number of hydrogen-bond acceptors (Lipinski definition) is 4. The molecule has 2 rings (SSSR count). The number of carbonyl (C=O) groups is 1. The minimum absolute atomic E-state index is 0.109. The summed E-state index contributed by atoms with van der Waals surface area (Å²) in [6, 6.07) is 5.20. The number of benzene rings is 1. The zero-order valence-corrected chi connectivity index (χ0v) is 12.4. The lowest BCUT2D eigenvalue weighted by Crippen LogP contribution is -2.43. The van der Waals surface area contributed by atoms with Crippen molar-refractivity contribution < 1.29 is 19.0 Å². The van der Waals surface area contributed by atoms with Crippen molar-refractivity contribution in [1.29, 1.82) is 0 Å². The number of ether oxygens (including phenoxy) is 3. The van der Waals surface area contributed by atoms with Gasteiger partial charge in [-0.15, -0.1) is 0 Å². The standard InChI is InChI=1S/C13H16BrNO4/c1-17-11-7-19-6-10(11)15-13(16)8-4-3-5-9(14)12(8)18-2/h3-5,10-11H,6-7H2,1-2H3,(H,15,16)/t10-,11+/m0/s1. The summed E-state index contributed by atoms with van der Waals surface area (Å²) in [6.45, 7) is 0.956. The van der Waals surface area contributed by atoms with E-state index >= 15 is 0 Å². The molecule has 1 heterocycles. The molecule has 0 aromatic heterocycles. The van der Waals surface area contributed by atoms with E-state index in [1.54, 1.807) is 19.2 Å². The summed E-state index contributed by atoms with van der Waals surface area (Å²) in [5.41, 5.74) is 0.485. The lowest BCUT2D eigenvalue weighted by atomic mass is 10.1. The third kappa shape index (κ3) is 3.08. The van der Waals surface area contributed by atoms with E-state index in [1.807, 2.05) is 6.07 Å². The molecule has 2 atom stereocenters. The van der Waals surface area contributed by atoms with E-state index in [2.05, 4.69) is 21.2 Å². The van der Waals surface area contributed by atoms with E-state index in [0.29, 0.717) is 24.5 Å². The van der Waals surface area contributed by atoms with Gasteiger partial charge in [-0.05, 0) is 28.1 Å². The molecule has 1 aromatic rings. The van der Waals surface area contributed by atoms with Crippen LogP contribution in [0, 0.1) is 0 Å². The van der Waals surface area contributed by atoms with Crippen LogP contribution in [0.25, 0.3) is 0 Å².